The van der Waals surface area contributed by atoms with Crippen LogP contribution in [-0.2, 0) is 7.05 Å². The molecular weight excluding hydrogens is 176 g/mol. The van der Waals surface area contributed by atoms with Gasteiger partial charge in [-0.05, 0) is 6.92 Å². The second-order valence-electron chi connectivity index (χ2n) is 2.54. The van der Waals surface area contributed by atoms with Crippen LogP contribution in [0.5, 0.6) is 0 Å². The van der Waals surface area contributed by atoms with Gasteiger partial charge < -0.3 is 10.2 Å². The molecule has 1 rings (SSSR count). The lowest BCUT2D eigenvalue weighted by atomic mass is 10.2. The van der Waals surface area contributed by atoms with Crippen LogP contribution in [0, 0.1) is 6.92 Å². The molecule has 70 valence electrons. The van der Waals surface area contributed by atoms with E-state index in [0.29, 0.717) is 0 Å². The smallest absolute Gasteiger partial charge is 0.355 e. The van der Waals surface area contributed by atoms with Crippen molar-refractivity contribution < 1.29 is 19.8 Å². The van der Waals surface area contributed by atoms with E-state index in [1.54, 1.807) is 0 Å². The second kappa shape index (κ2) is 2.89. The zero-order chi connectivity index (χ0) is 10.2. The molecular formula is C7H8N2O4. The zero-order valence-corrected chi connectivity index (χ0v) is 7.11. The fourth-order valence-electron chi connectivity index (χ4n) is 1.16. The van der Waals surface area contributed by atoms with Crippen LogP contribution >= 0.6 is 0 Å². The molecule has 0 saturated heterocycles. The van der Waals surface area contributed by atoms with Gasteiger partial charge in [-0.1, -0.05) is 0 Å². The molecule has 0 bridgehead atoms. The Morgan fingerprint density at radius 1 is 1.31 bits per heavy atom. The zero-order valence-electron chi connectivity index (χ0n) is 7.11. The summed E-state index contributed by atoms with van der Waals surface area (Å²) in [5, 5.41) is 21.1. The average Bonchev–Trinajstić information content (AvgIpc) is 2.24. The Morgan fingerprint density at radius 3 is 2.15 bits per heavy atom. The monoisotopic (exact) mass is 184 g/mol. The van der Waals surface area contributed by atoms with Gasteiger partial charge in [0.05, 0.1) is 5.69 Å². The molecule has 13 heavy (non-hydrogen) atoms. The Morgan fingerprint density at radius 2 is 1.85 bits per heavy atom. The molecule has 0 unspecified atom stereocenters. The van der Waals surface area contributed by atoms with Crippen molar-refractivity contribution in [3.05, 3.63) is 17.0 Å². The largest absolute Gasteiger partial charge is 0.478 e. The first kappa shape index (κ1) is 9.24. The number of aromatic carboxylic acids is 2. The minimum Gasteiger partial charge on any atom is -0.478 e. The van der Waals surface area contributed by atoms with Crippen LogP contribution in [0.3, 0.4) is 0 Å². The molecule has 0 atom stereocenters. The number of carboxylic acid groups (broad SMARTS) is 2. The van der Waals surface area contributed by atoms with E-state index in [9.17, 15) is 9.59 Å². The third kappa shape index (κ3) is 1.37. The van der Waals surface area contributed by atoms with Crippen LogP contribution in [0.15, 0.2) is 0 Å². The van der Waals surface area contributed by atoms with E-state index in [-0.39, 0.29) is 17.0 Å². The highest BCUT2D eigenvalue weighted by atomic mass is 16.4. The van der Waals surface area contributed by atoms with E-state index in [2.05, 4.69) is 5.10 Å². The highest BCUT2D eigenvalue weighted by Gasteiger charge is 2.24. The van der Waals surface area contributed by atoms with Crippen LogP contribution in [-0.4, -0.2) is 31.9 Å². The Hall–Kier alpha value is -1.85. The standard InChI is InChI=1S/C7H8N2O4/c1-3-4(6(10)11)5(7(12)13)9(2)8-3/h1-2H3,(H,10,11)(H,12,13). The fraction of sp³-hybridized carbons (Fsp3) is 0.286. The van der Waals surface area contributed by atoms with Crippen molar-refractivity contribution >= 4 is 11.9 Å². The van der Waals surface area contributed by atoms with Crippen LogP contribution < -0.4 is 0 Å². The molecule has 6 nitrogen and oxygen atoms in total. The molecule has 0 aliphatic heterocycles. The van der Waals surface area contributed by atoms with Gasteiger partial charge in [0.2, 0.25) is 0 Å². The summed E-state index contributed by atoms with van der Waals surface area (Å²) in [6, 6.07) is 0. The number of aromatic nitrogens is 2. The topological polar surface area (TPSA) is 92.4 Å². The van der Waals surface area contributed by atoms with E-state index >= 15 is 0 Å². The van der Waals surface area contributed by atoms with Gasteiger partial charge in [0, 0.05) is 7.05 Å². The first-order valence-electron chi connectivity index (χ1n) is 3.45. The molecule has 0 saturated carbocycles. The molecule has 0 spiro atoms. The lowest BCUT2D eigenvalue weighted by molar-refractivity contribution is 0.0644. The Kier molecular flexibility index (Phi) is 2.05. The highest BCUT2D eigenvalue weighted by molar-refractivity contribution is 6.01. The maximum atomic E-state index is 10.6. The van der Waals surface area contributed by atoms with Crippen molar-refractivity contribution in [1.82, 2.24) is 9.78 Å². The maximum absolute atomic E-state index is 10.6. The summed E-state index contributed by atoms with van der Waals surface area (Å²) in [6.45, 7) is 1.45. The Labute approximate surface area is 73.4 Å². The predicted molar refractivity (Wildman–Crippen MR) is 41.9 cm³/mol. The van der Waals surface area contributed by atoms with Gasteiger partial charge in [-0.25, -0.2) is 9.59 Å². The summed E-state index contributed by atoms with van der Waals surface area (Å²) < 4.78 is 1.04. The molecule has 0 aliphatic rings. The maximum Gasteiger partial charge on any atom is 0.355 e. The van der Waals surface area contributed by atoms with Crippen molar-refractivity contribution in [2.24, 2.45) is 7.05 Å². The van der Waals surface area contributed by atoms with Crippen LogP contribution in [0.25, 0.3) is 0 Å². The van der Waals surface area contributed by atoms with Gasteiger partial charge in [-0.2, -0.15) is 5.10 Å². The van der Waals surface area contributed by atoms with Crippen molar-refractivity contribution in [3.8, 4) is 0 Å². The van der Waals surface area contributed by atoms with Crippen LogP contribution in [0.4, 0.5) is 0 Å². The van der Waals surface area contributed by atoms with Gasteiger partial charge in [0.15, 0.2) is 5.69 Å². The first-order valence-corrected chi connectivity index (χ1v) is 3.45. The van der Waals surface area contributed by atoms with Crippen LogP contribution in [0.2, 0.25) is 0 Å². The quantitative estimate of drug-likeness (QED) is 0.681. The third-order valence-corrected chi connectivity index (χ3v) is 1.64. The summed E-state index contributed by atoms with van der Waals surface area (Å²) >= 11 is 0. The molecule has 0 fully saturated rings. The molecule has 0 aromatic carbocycles. The Balaban J connectivity index is 3.47. The molecule has 6 heteroatoms. The van der Waals surface area contributed by atoms with Crippen molar-refractivity contribution in [2.75, 3.05) is 0 Å². The fourth-order valence-corrected chi connectivity index (χ4v) is 1.16. The van der Waals surface area contributed by atoms with Crippen molar-refractivity contribution in [3.63, 3.8) is 0 Å². The minimum atomic E-state index is -1.29. The van der Waals surface area contributed by atoms with Gasteiger partial charge >= 0.3 is 11.9 Å². The number of aryl methyl sites for hydroxylation is 2. The second-order valence-corrected chi connectivity index (χ2v) is 2.54. The summed E-state index contributed by atoms with van der Waals surface area (Å²) in [4.78, 5) is 21.3. The average molecular weight is 184 g/mol. The number of rotatable bonds is 2. The molecule has 2 N–H and O–H groups in total. The van der Waals surface area contributed by atoms with Crippen molar-refractivity contribution in [1.29, 1.82) is 0 Å². The van der Waals surface area contributed by atoms with Crippen LogP contribution in [0.1, 0.15) is 26.5 Å². The Bertz CT molecular complexity index is 346. The van der Waals surface area contributed by atoms with Gasteiger partial charge in [-0.15, -0.1) is 0 Å². The number of carboxylic acids is 2. The van der Waals surface area contributed by atoms with E-state index in [1.807, 2.05) is 0 Å². The number of carbonyl (C=O) groups is 2. The summed E-state index contributed by atoms with van der Waals surface area (Å²) in [5.74, 6) is -2.57. The van der Waals surface area contributed by atoms with E-state index < -0.39 is 11.9 Å². The summed E-state index contributed by atoms with van der Waals surface area (Å²) in [7, 11) is 1.39. The molecule has 0 amide bonds. The molecule has 1 aromatic heterocycles. The minimum absolute atomic E-state index is 0.201. The van der Waals surface area contributed by atoms with E-state index in [0.717, 1.165) is 4.68 Å². The first-order chi connectivity index (χ1) is 5.95. The molecule has 1 aromatic rings. The lowest BCUT2D eigenvalue weighted by Gasteiger charge is -1.95. The molecule has 0 radical (unpaired) electrons. The molecule has 0 aliphatic carbocycles. The number of hydrogen-bond donors (Lipinski definition) is 2. The van der Waals surface area contributed by atoms with E-state index in [1.165, 1.54) is 14.0 Å². The molecule has 1 heterocycles. The number of nitrogens with zero attached hydrogens (tertiary/aromatic N) is 2. The van der Waals surface area contributed by atoms with Crippen molar-refractivity contribution in [2.45, 2.75) is 6.92 Å². The summed E-state index contributed by atoms with van der Waals surface area (Å²) in [6.07, 6.45) is 0. The van der Waals surface area contributed by atoms with Gasteiger partial charge in [0.1, 0.15) is 5.56 Å². The summed E-state index contributed by atoms with van der Waals surface area (Å²) in [5.41, 5.74) is -0.354. The normalized spacial score (nSPS) is 10.0. The van der Waals surface area contributed by atoms with Gasteiger partial charge in [0.25, 0.3) is 0 Å². The van der Waals surface area contributed by atoms with E-state index in [4.69, 9.17) is 10.2 Å². The highest BCUT2D eigenvalue weighted by Crippen LogP contribution is 2.12. The predicted octanol–water partition coefficient (Wildman–Crippen LogP) is 0.125. The lowest BCUT2D eigenvalue weighted by Crippen LogP contribution is -2.11. The van der Waals surface area contributed by atoms with Gasteiger partial charge in [-0.3, -0.25) is 4.68 Å². The SMILES string of the molecule is Cc1nn(C)c(C(=O)O)c1C(=O)O. The third-order valence-electron chi connectivity index (χ3n) is 1.64. The number of hydrogen-bond acceptors (Lipinski definition) is 3.